The van der Waals surface area contributed by atoms with Crippen LogP contribution in [0.4, 0.5) is 0 Å². The maximum atomic E-state index is 12.1. The molecule has 5 heteroatoms. The Bertz CT molecular complexity index is 571. The van der Waals surface area contributed by atoms with Crippen molar-refractivity contribution in [2.45, 2.75) is 20.3 Å². The SMILES string of the molecule is CCOCCCNC(=O)c1cc2sc(C)cc2n1C. The highest BCUT2D eigenvalue weighted by molar-refractivity contribution is 7.19. The molecule has 19 heavy (non-hydrogen) atoms. The van der Waals surface area contributed by atoms with Crippen molar-refractivity contribution in [3.63, 3.8) is 0 Å². The van der Waals surface area contributed by atoms with Gasteiger partial charge in [-0.1, -0.05) is 0 Å². The first-order valence-electron chi connectivity index (χ1n) is 6.55. The number of nitrogens with one attached hydrogen (secondary N) is 1. The summed E-state index contributed by atoms with van der Waals surface area (Å²) in [4.78, 5) is 13.4. The molecule has 0 aromatic carbocycles. The molecule has 0 aliphatic heterocycles. The van der Waals surface area contributed by atoms with Crippen LogP contribution in [0, 0.1) is 6.92 Å². The Kier molecular flexibility index (Phi) is 4.61. The van der Waals surface area contributed by atoms with Crippen molar-refractivity contribution in [1.82, 2.24) is 9.88 Å². The molecule has 0 spiro atoms. The lowest BCUT2D eigenvalue weighted by Crippen LogP contribution is -2.27. The number of hydrogen-bond donors (Lipinski definition) is 1. The first kappa shape index (κ1) is 14.1. The van der Waals surface area contributed by atoms with Gasteiger partial charge in [-0.25, -0.2) is 0 Å². The van der Waals surface area contributed by atoms with E-state index in [1.54, 1.807) is 11.3 Å². The van der Waals surface area contributed by atoms with Gasteiger partial charge in [-0.2, -0.15) is 0 Å². The van der Waals surface area contributed by atoms with E-state index < -0.39 is 0 Å². The number of aromatic nitrogens is 1. The Balaban J connectivity index is 1.97. The van der Waals surface area contributed by atoms with E-state index in [0.717, 1.165) is 24.2 Å². The number of hydrogen-bond acceptors (Lipinski definition) is 3. The number of carbonyl (C=O) groups is 1. The third-order valence-corrected chi connectivity index (χ3v) is 4.03. The van der Waals surface area contributed by atoms with Crippen LogP contribution in [0.2, 0.25) is 0 Å². The first-order chi connectivity index (χ1) is 9.13. The van der Waals surface area contributed by atoms with Gasteiger partial charge in [0, 0.05) is 31.7 Å². The van der Waals surface area contributed by atoms with Crippen molar-refractivity contribution < 1.29 is 9.53 Å². The summed E-state index contributed by atoms with van der Waals surface area (Å²) in [7, 11) is 1.93. The highest BCUT2D eigenvalue weighted by Crippen LogP contribution is 2.27. The number of aryl methyl sites for hydroxylation is 2. The van der Waals surface area contributed by atoms with Crippen molar-refractivity contribution >= 4 is 27.5 Å². The predicted octanol–water partition coefficient (Wildman–Crippen LogP) is 2.70. The third kappa shape index (κ3) is 3.16. The monoisotopic (exact) mass is 280 g/mol. The van der Waals surface area contributed by atoms with Gasteiger partial charge >= 0.3 is 0 Å². The Morgan fingerprint density at radius 2 is 2.26 bits per heavy atom. The Morgan fingerprint density at radius 3 is 2.95 bits per heavy atom. The Hall–Kier alpha value is -1.33. The van der Waals surface area contributed by atoms with Crippen molar-refractivity contribution in [3.8, 4) is 0 Å². The van der Waals surface area contributed by atoms with Gasteiger partial charge < -0.3 is 14.6 Å². The van der Waals surface area contributed by atoms with Crippen LogP contribution in [-0.2, 0) is 11.8 Å². The summed E-state index contributed by atoms with van der Waals surface area (Å²) in [5.41, 5.74) is 1.85. The summed E-state index contributed by atoms with van der Waals surface area (Å²) in [6.07, 6.45) is 0.845. The smallest absolute Gasteiger partial charge is 0.267 e. The van der Waals surface area contributed by atoms with Gasteiger partial charge in [0.05, 0.1) is 10.2 Å². The van der Waals surface area contributed by atoms with E-state index in [4.69, 9.17) is 4.74 Å². The number of rotatable bonds is 6. The van der Waals surface area contributed by atoms with E-state index in [1.165, 1.54) is 9.58 Å². The lowest BCUT2D eigenvalue weighted by molar-refractivity contribution is 0.0936. The molecule has 0 aliphatic rings. The molecular formula is C14H20N2O2S. The molecule has 0 radical (unpaired) electrons. The number of ether oxygens (including phenoxy) is 1. The second kappa shape index (κ2) is 6.21. The van der Waals surface area contributed by atoms with Crippen molar-refractivity contribution in [2.75, 3.05) is 19.8 Å². The molecule has 0 atom stereocenters. The Morgan fingerprint density at radius 1 is 1.47 bits per heavy atom. The largest absolute Gasteiger partial charge is 0.382 e. The molecule has 2 rings (SSSR count). The van der Waals surface area contributed by atoms with Crippen LogP contribution in [0.3, 0.4) is 0 Å². The third-order valence-electron chi connectivity index (χ3n) is 3.04. The normalized spacial score (nSPS) is 11.1. The minimum Gasteiger partial charge on any atom is -0.382 e. The molecule has 2 aromatic rings. The summed E-state index contributed by atoms with van der Waals surface area (Å²) in [5.74, 6) is -0.0138. The molecule has 0 aliphatic carbocycles. The van der Waals surface area contributed by atoms with Crippen molar-refractivity contribution in [2.24, 2.45) is 7.05 Å². The molecule has 2 heterocycles. The fraction of sp³-hybridized carbons (Fsp3) is 0.500. The molecule has 0 unspecified atom stereocenters. The number of nitrogens with zero attached hydrogens (tertiary/aromatic N) is 1. The number of fused-ring (bicyclic) bond motifs is 1. The Labute approximate surface area is 117 Å². The van der Waals surface area contributed by atoms with Crippen molar-refractivity contribution in [3.05, 3.63) is 22.7 Å². The molecular weight excluding hydrogens is 260 g/mol. The van der Waals surface area contributed by atoms with Crippen LogP contribution in [0.15, 0.2) is 12.1 Å². The van der Waals surface area contributed by atoms with Gasteiger partial charge in [0.2, 0.25) is 0 Å². The van der Waals surface area contributed by atoms with Gasteiger partial charge in [-0.15, -0.1) is 11.3 Å². The summed E-state index contributed by atoms with van der Waals surface area (Å²) < 4.78 is 8.36. The fourth-order valence-corrected chi connectivity index (χ4v) is 3.05. The molecule has 0 bridgehead atoms. The highest BCUT2D eigenvalue weighted by Gasteiger charge is 2.14. The van der Waals surface area contributed by atoms with Gasteiger partial charge in [-0.05, 0) is 32.4 Å². The zero-order valence-electron chi connectivity index (χ0n) is 11.7. The number of thiophene rings is 1. The minimum atomic E-state index is -0.0138. The first-order valence-corrected chi connectivity index (χ1v) is 7.37. The number of carbonyl (C=O) groups excluding carboxylic acids is 1. The van der Waals surface area contributed by atoms with E-state index >= 15 is 0 Å². The average molecular weight is 280 g/mol. The van der Waals surface area contributed by atoms with Crippen LogP contribution in [0.1, 0.15) is 28.7 Å². The van der Waals surface area contributed by atoms with Crippen molar-refractivity contribution in [1.29, 1.82) is 0 Å². The summed E-state index contributed by atoms with van der Waals surface area (Å²) in [6, 6.07) is 4.08. The van der Waals surface area contributed by atoms with E-state index in [2.05, 4.69) is 18.3 Å². The van der Waals surface area contributed by atoms with E-state index in [-0.39, 0.29) is 5.91 Å². The summed E-state index contributed by atoms with van der Waals surface area (Å²) >= 11 is 1.72. The molecule has 0 fully saturated rings. The number of amides is 1. The van der Waals surface area contributed by atoms with Crippen LogP contribution < -0.4 is 5.32 Å². The minimum absolute atomic E-state index is 0.0138. The van der Waals surface area contributed by atoms with Crippen LogP contribution in [0.25, 0.3) is 10.2 Å². The van der Waals surface area contributed by atoms with E-state index in [0.29, 0.717) is 13.2 Å². The maximum absolute atomic E-state index is 12.1. The van der Waals surface area contributed by atoms with E-state index in [9.17, 15) is 4.79 Å². The quantitative estimate of drug-likeness (QED) is 0.827. The maximum Gasteiger partial charge on any atom is 0.267 e. The van der Waals surface area contributed by atoms with Gasteiger partial charge in [0.1, 0.15) is 5.69 Å². The van der Waals surface area contributed by atoms with Gasteiger partial charge in [0.15, 0.2) is 0 Å². The second-order valence-corrected chi connectivity index (χ2v) is 5.79. The van der Waals surface area contributed by atoms with Crippen LogP contribution in [-0.4, -0.2) is 30.2 Å². The molecule has 1 N–H and O–H groups in total. The fourth-order valence-electron chi connectivity index (χ4n) is 2.06. The molecule has 1 amide bonds. The van der Waals surface area contributed by atoms with E-state index in [1.807, 2.05) is 24.6 Å². The predicted molar refractivity (Wildman–Crippen MR) is 79.0 cm³/mol. The molecule has 2 aromatic heterocycles. The molecule has 0 saturated carbocycles. The zero-order chi connectivity index (χ0) is 13.8. The highest BCUT2D eigenvalue weighted by atomic mass is 32.1. The molecule has 4 nitrogen and oxygen atoms in total. The standard InChI is InChI=1S/C14H20N2O2S/c1-4-18-7-5-6-15-14(17)12-9-13-11(16(12)3)8-10(2)19-13/h8-9H,4-7H2,1-3H3,(H,15,17). The second-order valence-electron chi connectivity index (χ2n) is 4.50. The zero-order valence-corrected chi connectivity index (χ0v) is 12.5. The van der Waals surface area contributed by atoms with Crippen LogP contribution in [0.5, 0.6) is 0 Å². The lowest BCUT2D eigenvalue weighted by atomic mass is 10.3. The molecule has 104 valence electrons. The topological polar surface area (TPSA) is 43.3 Å². The average Bonchev–Trinajstić information content (AvgIpc) is 2.88. The molecule has 0 saturated heterocycles. The summed E-state index contributed by atoms with van der Waals surface area (Å²) in [6.45, 7) is 6.12. The van der Waals surface area contributed by atoms with Gasteiger partial charge in [0.25, 0.3) is 5.91 Å². The van der Waals surface area contributed by atoms with Crippen LogP contribution >= 0.6 is 11.3 Å². The summed E-state index contributed by atoms with van der Waals surface area (Å²) in [5, 5.41) is 2.93. The van der Waals surface area contributed by atoms with Gasteiger partial charge in [-0.3, -0.25) is 4.79 Å². The lowest BCUT2D eigenvalue weighted by Gasteiger charge is -2.06.